The number of nitrogen functional groups attached to an aromatic ring is 1. The Bertz CT molecular complexity index is 721. The number of nitrogens with two attached hydrogens (primary N) is 1. The number of ether oxygens (including phenoxy) is 4. The van der Waals surface area contributed by atoms with Crippen molar-refractivity contribution in [3.63, 3.8) is 0 Å². The number of hydrogen-bond acceptors (Lipinski definition) is 6. The van der Waals surface area contributed by atoms with Gasteiger partial charge in [-0.25, -0.2) is 0 Å². The van der Waals surface area contributed by atoms with Gasteiger partial charge in [0, 0.05) is 23.4 Å². The third-order valence-electron chi connectivity index (χ3n) is 3.41. The van der Waals surface area contributed by atoms with Crippen LogP contribution in [0.15, 0.2) is 30.3 Å². The van der Waals surface area contributed by atoms with Gasteiger partial charge < -0.3 is 30.0 Å². The second kappa shape index (κ2) is 7.45. The van der Waals surface area contributed by atoms with Crippen LogP contribution >= 0.6 is 0 Å². The number of benzene rings is 2. The highest BCUT2D eigenvalue weighted by atomic mass is 16.5. The summed E-state index contributed by atoms with van der Waals surface area (Å²) in [6, 6.07) is 8.10. The van der Waals surface area contributed by atoms with Gasteiger partial charge in [0.1, 0.15) is 5.75 Å². The maximum absolute atomic E-state index is 12.4. The summed E-state index contributed by atoms with van der Waals surface area (Å²) in [7, 11) is 6.04. The molecule has 7 heteroatoms. The lowest BCUT2D eigenvalue weighted by Gasteiger charge is -2.15. The molecule has 3 N–H and O–H groups in total. The Morgan fingerprint density at radius 2 is 1.46 bits per heavy atom. The molecule has 24 heavy (non-hydrogen) atoms. The van der Waals surface area contributed by atoms with Crippen LogP contribution in [0.25, 0.3) is 0 Å². The molecule has 0 saturated heterocycles. The first-order valence-electron chi connectivity index (χ1n) is 7.09. The summed E-state index contributed by atoms with van der Waals surface area (Å²) in [5.41, 5.74) is 7.12. The molecule has 7 nitrogen and oxygen atoms in total. The van der Waals surface area contributed by atoms with Gasteiger partial charge in [-0.05, 0) is 18.2 Å². The fourth-order valence-corrected chi connectivity index (χ4v) is 2.23. The SMILES string of the molecule is COc1ccc(C(=O)Nc2cc(OC)c(OC)c(OC)c2)cc1N. The Kier molecular flexibility index (Phi) is 5.36. The molecule has 0 aliphatic carbocycles. The minimum Gasteiger partial charge on any atom is -0.495 e. The first-order chi connectivity index (χ1) is 11.5. The summed E-state index contributed by atoms with van der Waals surface area (Å²) in [6.07, 6.45) is 0. The molecule has 2 aromatic rings. The molecule has 0 bridgehead atoms. The van der Waals surface area contributed by atoms with Crippen LogP contribution < -0.4 is 30.0 Å². The van der Waals surface area contributed by atoms with Gasteiger partial charge in [0.2, 0.25) is 5.75 Å². The molecule has 0 fully saturated rings. The zero-order valence-corrected chi connectivity index (χ0v) is 14.0. The van der Waals surface area contributed by atoms with Gasteiger partial charge in [-0.1, -0.05) is 0 Å². The molecule has 0 atom stereocenters. The summed E-state index contributed by atoms with van der Waals surface area (Å²) in [6.45, 7) is 0. The molecular formula is C17H20N2O5. The molecule has 128 valence electrons. The highest BCUT2D eigenvalue weighted by molar-refractivity contribution is 6.05. The van der Waals surface area contributed by atoms with Crippen LogP contribution in [-0.2, 0) is 0 Å². The van der Waals surface area contributed by atoms with E-state index in [0.29, 0.717) is 39.9 Å². The number of carbonyl (C=O) groups is 1. The number of carbonyl (C=O) groups excluding carboxylic acids is 1. The fourth-order valence-electron chi connectivity index (χ4n) is 2.23. The van der Waals surface area contributed by atoms with E-state index in [1.807, 2.05) is 0 Å². The highest BCUT2D eigenvalue weighted by Crippen LogP contribution is 2.40. The van der Waals surface area contributed by atoms with Crippen molar-refractivity contribution in [3.8, 4) is 23.0 Å². The number of anilines is 2. The summed E-state index contributed by atoms with van der Waals surface area (Å²) in [5.74, 6) is 1.53. The highest BCUT2D eigenvalue weighted by Gasteiger charge is 2.15. The van der Waals surface area contributed by atoms with Gasteiger partial charge in [0.15, 0.2) is 11.5 Å². The van der Waals surface area contributed by atoms with E-state index < -0.39 is 0 Å². The van der Waals surface area contributed by atoms with Crippen LogP contribution in [0.2, 0.25) is 0 Å². The van der Waals surface area contributed by atoms with Crippen molar-refractivity contribution in [2.45, 2.75) is 0 Å². The van der Waals surface area contributed by atoms with E-state index in [1.165, 1.54) is 28.4 Å². The van der Waals surface area contributed by atoms with Gasteiger partial charge in [0.25, 0.3) is 5.91 Å². The summed E-state index contributed by atoms with van der Waals surface area (Å²) in [5, 5.41) is 2.77. The van der Waals surface area contributed by atoms with E-state index in [0.717, 1.165) is 0 Å². The second-order valence-corrected chi connectivity index (χ2v) is 4.82. The molecule has 1 amide bonds. The van der Waals surface area contributed by atoms with E-state index in [2.05, 4.69) is 5.32 Å². The quantitative estimate of drug-likeness (QED) is 0.790. The van der Waals surface area contributed by atoms with E-state index >= 15 is 0 Å². The lowest BCUT2D eigenvalue weighted by Crippen LogP contribution is -2.12. The van der Waals surface area contributed by atoms with E-state index in [1.54, 1.807) is 30.3 Å². The summed E-state index contributed by atoms with van der Waals surface area (Å²) in [4.78, 5) is 12.4. The lowest BCUT2D eigenvalue weighted by atomic mass is 10.1. The van der Waals surface area contributed by atoms with Crippen molar-refractivity contribution in [2.75, 3.05) is 39.5 Å². The Balaban J connectivity index is 2.30. The average molecular weight is 332 g/mol. The van der Waals surface area contributed by atoms with Crippen LogP contribution in [-0.4, -0.2) is 34.3 Å². The first kappa shape index (κ1) is 17.3. The zero-order valence-electron chi connectivity index (χ0n) is 14.0. The maximum Gasteiger partial charge on any atom is 0.255 e. The molecule has 0 radical (unpaired) electrons. The van der Waals surface area contributed by atoms with Crippen LogP contribution in [0, 0.1) is 0 Å². The Morgan fingerprint density at radius 3 is 1.92 bits per heavy atom. The maximum atomic E-state index is 12.4. The minimum absolute atomic E-state index is 0.321. The molecule has 0 heterocycles. The third-order valence-corrected chi connectivity index (χ3v) is 3.41. The number of amides is 1. The van der Waals surface area contributed by atoms with Gasteiger partial charge in [-0.2, -0.15) is 0 Å². The number of nitrogens with one attached hydrogen (secondary N) is 1. The molecule has 0 aliphatic rings. The zero-order chi connectivity index (χ0) is 17.7. The molecule has 0 spiro atoms. The largest absolute Gasteiger partial charge is 0.495 e. The Morgan fingerprint density at radius 1 is 0.875 bits per heavy atom. The standard InChI is InChI=1S/C17H20N2O5/c1-21-13-6-5-10(7-12(13)18)17(20)19-11-8-14(22-2)16(24-4)15(9-11)23-3/h5-9H,18H2,1-4H3,(H,19,20). The van der Waals surface area contributed by atoms with Crippen LogP contribution in [0.5, 0.6) is 23.0 Å². The first-order valence-corrected chi connectivity index (χ1v) is 7.09. The van der Waals surface area contributed by atoms with Crippen molar-refractivity contribution in [2.24, 2.45) is 0 Å². The Hall–Kier alpha value is -3.09. The van der Waals surface area contributed by atoms with E-state index in [9.17, 15) is 4.79 Å². The van der Waals surface area contributed by atoms with Gasteiger partial charge in [-0.15, -0.1) is 0 Å². The van der Waals surface area contributed by atoms with Crippen molar-refractivity contribution in [1.29, 1.82) is 0 Å². The molecule has 0 aromatic heterocycles. The van der Waals surface area contributed by atoms with Crippen LogP contribution in [0.4, 0.5) is 11.4 Å². The van der Waals surface area contributed by atoms with Crippen LogP contribution in [0.3, 0.4) is 0 Å². The second-order valence-electron chi connectivity index (χ2n) is 4.82. The van der Waals surface area contributed by atoms with E-state index in [-0.39, 0.29) is 5.91 Å². The van der Waals surface area contributed by atoms with Gasteiger partial charge in [-0.3, -0.25) is 4.79 Å². The topological polar surface area (TPSA) is 92.0 Å². The number of hydrogen-bond donors (Lipinski definition) is 2. The predicted molar refractivity (Wildman–Crippen MR) is 91.5 cm³/mol. The normalized spacial score (nSPS) is 10.0. The van der Waals surface area contributed by atoms with Crippen molar-refractivity contribution >= 4 is 17.3 Å². The molecule has 0 saturated carbocycles. The summed E-state index contributed by atoms with van der Waals surface area (Å²) < 4.78 is 20.9. The van der Waals surface area contributed by atoms with Crippen LogP contribution in [0.1, 0.15) is 10.4 Å². The molecule has 0 aliphatic heterocycles. The lowest BCUT2D eigenvalue weighted by molar-refractivity contribution is 0.102. The third kappa shape index (κ3) is 3.45. The van der Waals surface area contributed by atoms with Crippen molar-refractivity contribution in [3.05, 3.63) is 35.9 Å². The summed E-state index contributed by atoms with van der Waals surface area (Å²) >= 11 is 0. The fraction of sp³-hybridized carbons (Fsp3) is 0.235. The molecular weight excluding hydrogens is 312 g/mol. The van der Waals surface area contributed by atoms with Gasteiger partial charge in [0.05, 0.1) is 34.1 Å². The van der Waals surface area contributed by atoms with E-state index in [4.69, 9.17) is 24.7 Å². The van der Waals surface area contributed by atoms with Gasteiger partial charge >= 0.3 is 0 Å². The average Bonchev–Trinajstić information content (AvgIpc) is 2.60. The smallest absolute Gasteiger partial charge is 0.255 e. The van der Waals surface area contributed by atoms with Crippen molar-refractivity contribution in [1.82, 2.24) is 0 Å². The number of rotatable bonds is 6. The molecule has 0 unspecified atom stereocenters. The molecule has 2 rings (SSSR count). The predicted octanol–water partition coefficient (Wildman–Crippen LogP) is 2.56. The molecule has 2 aromatic carbocycles. The van der Waals surface area contributed by atoms with Crippen molar-refractivity contribution < 1.29 is 23.7 Å². The monoisotopic (exact) mass is 332 g/mol. The number of methoxy groups -OCH3 is 4. The minimum atomic E-state index is -0.321. The Labute approximate surface area is 140 Å².